The van der Waals surface area contributed by atoms with Crippen LogP contribution < -0.4 is 0 Å². The molecule has 0 N–H and O–H groups in total. The molecule has 2 nitrogen and oxygen atoms in total. The van der Waals surface area contributed by atoms with E-state index < -0.39 is 0 Å². The number of hydrogen-bond donors (Lipinski definition) is 0. The van der Waals surface area contributed by atoms with Crippen LogP contribution in [0.4, 0.5) is 0 Å². The summed E-state index contributed by atoms with van der Waals surface area (Å²) in [6.07, 6.45) is 6.71. The van der Waals surface area contributed by atoms with E-state index in [1.807, 2.05) is 0 Å². The summed E-state index contributed by atoms with van der Waals surface area (Å²) in [7, 11) is 0. The van der Waals surface area contributed by atoms with Gasteiger partial charge in [0.1, 0.15) is 0 Å². The fourth-order valence-corrected chi connectivity index (χ4v) is 4.14. The van der Waals surface area contributed by atoms with E-state index in [1.165, 1.54) is 12.0 Å². The molecule has 88 valence electrons. The third-order valence-electron chi connectivity index (χ3n) is 5.19. The second kappa shape index (κ2) is 3.12. The quantitative estimate of drug-likeness (QED) is 0.574. The average Bonchev–Trinajstić information content (AvgIpc) is 2.60. The third kappa shape index (κ3) is 1.16. The van der Waals surface area contributed by atoms with Gasteiger partial charge < -0.3 is 4.90 Å². The van der Waals surface area contributed by atoms with Gasteiger partial charge in [-0.15, -0.1) is 0 Å². The Kier molecular flexibility index (Phi) is 2.02. The lowest BCUT2D eigenvalue weighted by Gasteiger charge is -2.55. The summed E-state index contributed by atoms with van der Waals surface area (Å²) >= 11 is 0. The zero-order valence-electron chi connectivity index (χ0n) is 10.5. The number of carbonyl (C=O) groups is 1. The van der Waals surface area contributed by atoms with Crippen LogP contribution in [0, 0.1) is 11.8 Å². The van der Waals surface area contributed by atoms with Crippen LogP contribution in [0.5, 0.6) is 0 Å². The van der Waals surface area contributed by atoms with Crippen LogP contribution in [0.15, 0.2) is 11.6 Å². The number of rotatable bonds is 0. The van der Waals surface area contributed by atoms with Crippen molar-refractivity contribution in [1.82, 2.24) is 4.90 Å². The summed E-state index contributed by atoms with van der Waals surface area (Å²) in [5.41, 5.74) is 1.60. The molecular weight excluding hydrogens is 198 g/mol. The summed E-state index contributed by atoms with van der Waals surface area (Å²) in [4.78, 5) is 14.3. The van der Waals surface area contributed by atoms with Crippen LogP contribution in [0.25, 0.3) is 0 Å². The Balaban J connectivity index is 2.05. The lowest BCUT2D eigenvalue weighted by molar-refractivity contribution is -0.141. The molecule has 2 saturated heterocycles. The molecule has 0 spiro atoms. The van der Waals surface area contributed by atoms with Crippen molar-refractivity contribution in [3.05, 3.63) is 11.6 Å². The van der Waals surface area contributed by atoms with Crippen LogP contribution in [-0.4, -0.2) is 22.4 Å². The lowest BCUT2D eigenvalue weighted by Crippen LogP contribution is -2.60. The standard InChI is InChI=1S/C14H21NO/c1-9-4-5-10-8-11(9)12-6-7-13(16)15(12)14(10,2)3/h4,10-12H,5-8H2,1-3H3. The first-order valence-corrected chi connectivity index (χ1v) is 6.50. The summed E-state index contributed by atoms with van der Waals surface area (Å²) in [6, 6.07) is 0.496. The molecule has 2 fully saturated rings. The molecule has 0 aromatic carbocycles. The van der Waals surface area contributed by atoms with Gasteiger partial charge >= 0.3 is 0 Å². The maximum atomic E-state index is 12.1. The number of amides is 1. The van der Waals surface area contributed by atoms with Gasteiger partial charge in [0, 0.05) is 23.9 Å². The number of allylic oxidation sites excluding steroid dienone is 1. The molecule has 2 heterocycles. The number of piperidine rings is 1. The molecule has 0 aromatic rings. The highest BCUT2D eigenvalue weighted by molar-refractivity contribution is 5.80. The Morgan fingerprint density at radius 1 is 1.44 bits per heavy atom. The smallest absolute Gasteiger partial charge is 0.223 e. The van der Waals surface area contributed by atoms with Crippen LogP contribution in [0.2, 0.25) is 0 Å². The summed E-state index contributed by atoms with van der Waals surface area (Å²) in [5, 5.41) is 0. The van der Waals surface area contributed by atoms with Gasteiger partial charge in [0.2, 0.25) is 5.91 Å². The van der Waals surface area contributed by atoms with Gasteiger partial charge in [-0.25, -0.2) is 0 Å². The van der Waals surface area contributed by atoms with Crippen LogP contribution >= 0.6 is 0 Å². The van der Waals surface area contributed by atoms with Crippen molar-refractivity contribution >= 4 is 5.91 Å². The van der Waals surface area contributed by atoms with E-state index in [0.717, 1.165) is 19.3 Å². The maximum absolute atomic E-state index is 12.1. The van der Waals surface area contributed by atoms with Gasteiger partial charge in [-0.05, 0) is 46.0 Å². The Hall–Kier alpha value is -0.790. The Morgan fingerprint density at radius 3 is 2.94 bits per heavy atom. The summed E-state index contributed by atoms with van der Waals surface area (Å²) in [6.45, 7) is 6.78. The summed E-state index contributed by atoms with van der Waals surface area (Å²) < 4.78 is 0. The minimum Gasteiger partial charge on any atom is -0.334 e. The molecule has 3 unspecified atom stereocenters. The number of fused-ring (bicyclic) bond motifs is 4. The molecule has 3 aliphatic rings. The SMILES string of the molecule is CC1=CCC2CC1C1CCC(=O)N1C2(C)C. The van der Waals surface area contributed by atoms with Crippen LogP contribution in [0.1, 0.15) is 46.5 Å². The average molecular weight is 219 g/mol. The van der Waals surface area contributed by atoms with Gasteiger partial charge in [-0.3, -0.25) is 4.79 Å². The van der Waals surface area contributed by atoms with Crippen LogP contribution in [-0.2, 0) is 4.79 Å². The molecule has 0 saturated carbocycles. The van der Waals surface area contributed by atoms with Crippen LogP contribution in [0.3, 0.4) is 0 Å². The highest BCUT2D eigenvalue weighted by atomic mass is 16.2. The second-order valence-corrected chi connectivity index (χ2v) is 6.25. The zero-order valence-corrected chi connectivity index (χ0v) is 10.5. The fourth-order valence-electron chi connectivity index (χ4n) is 4.14. The van der Waals surface area contributed by atoms with Crippen molar-refractivity contribution < 1.29 is 4.79 Å². The normalized spacial score (nSPS) is 40.7. The van der Waals surface area contributed by atoms with Gasteiger partial charge in [0.15, 0.2) is 0 Å². The molecule has 1 aliphatic carbocycles. The molecule has 2 bridgehead atoms. The van der Waals surface area contributed by atoms with E-state index in [-0.39, 0.29) is 5.54 Å². The molecule has 0 radical (unpaired) electrons. The second-order valence-electron chi connectivity index (χ2n) is 6.25. The van der Waals surface area contributed by atoms with Crippen molar-refractivity contribution in [2.45, 2.75) is 58.0 Å². The monoisotopic (exact) mass is 219 g/mol. The van der Waals surface area contributed by atoms with E-state index in [1.54, 1.807) is 0 Å². The van der Waals surface area contributed by atoms with Crippen molar-refractivity contribution in [3.8, 4) is 0 Å². The van der Waals surface area contributed by atoms with E-state index in [0.29, 0.717) is 23.8 Å². The topological polar surface area (TPSA) is 20.3 Å². The Morgan fingerprint density at radius 2 is 2.19 bits per heavy atom. The third-order valence-corrected chi connectivity index (χ3v) is 5.19. The van der Waals surface area contributed by atoms with Gasteiger partial charge in [0.05, 0.1) is 0 Å². The molecule has 2 heteroatoms. The molecule has 0 aromatic heterocycles. The largest absolute Gasteiger partial charge is 0.334 e. The van der Waals surface area contributed by atoms with Gasteiger partial charge in [-0.2, -0.15) is 0 Å². The molecular formula is C14H21NO. The first kappa shape index (κ1) is 10.4. The first-order valence-electron chi connectivity index (χ1n) is 6.50. The zero-order chi connectivity index (χ0) is 11.5. The van der Waals surface area contributed by atoms with Crippen molar-refractivity contribution in [2.75, 3.05) is 0 Å². The maximum Gasteiger partial charge on any atom is 0.223 e. The van der Waals surface area contributed by atoms with Gasteiger partial charge in [-0.1, -0.05) is 11.6 Å². The van der Waals surface area contributed by atoms with E-state index in [9.17, 15) is 4.79 Å². The highest BCUT2D eigenvalue weighted by Gasteiger charge is 2.53. The number of carbonyl (C=O) groups excluding carboxylic acids is 1. The van der Waals surface area contributed by atoms with Gasteiger partial charge in [0.25, 0.3) is 0 Å². The first-order chi connectivity index (χ1) is 7.51. The van der Waals surface area contributed by atoms with E-state index in [2.05, 4.69) is 31.7 Å². The molecule has 3 atom stereocenters. The lowest BCUT2D eigenvalue weighted by atomic mass is 9.65. The Labute approximate surface area is 97.7 Å². The minimum atomic E-state index is 0.0753. The molecule has 3 rings (SSSR count). The fraction of sp³-hybridized carbons (Fsp3) is 0.786. The number of hydrogen-bond acceptors (Lipinski definition) is 1. The molecule has 16 heavy (non-hydrogen) atoms. The predicted octanol–water partition coefficient (Wildman–Crippen LogP) is 2.74. The van der Waals surface area contributed by atoms with Crippen molar-refractivity contribution in [2.24, 2.45) is 11.8 Å². The predicted molar refractivity (Wildman–Crippen MR) is 63.9 cm³/mol. The number of nitrogens with zero attached hydrogens (tertiary/aromatic N) is 1. The van der Waals surface area contributed by atoms with E-state index >= 15 is 0 Å². The Bertz CT molecular complexity index is 369. The van der Waals surface area contributed by atoms with Crippen molar-refractivity contribution in [1.29, 1.82) is 0 Å². The van der Waals surface area contributed by atoms with Crippen molar-refractivity contribution in [3.63, 3.8) is 0 Å². The molecule has 2 aliphatic heterocycles. The highest BCUT2D eigenvalue weighted by Crippen LogP contribution is 2.50. The minimum absolute atomic E-state index is 0.0753. The summed E-state index contributed by atoms with van der Waals surface area (Å²) in [5.74, 6) is 1.71. The molecule has 1 amide bonds. The van der Waals surface area contributed by atoms with E-state index in [4.69, 9.17) is 0 Å².